The highest BCUT2D eigenvalue weighted by Crippen LogP contribution is 2.23. The van der Waals surface area contributed by atoms with Crippen LogP contribution in [0.25, 0.3) is 21.8 Å². The number of aryl methyl sites for hydroxylation is 1. The van der Waals surface area contributed by atoms with E-state index < -0.39 is 22.8 Å². The lowest BCUT2D eigenvalue weighted by molar-refractivity contribution is 0.0680. The van der Waals surface area contributed by atoms with Crippen molar-refractivity contribution < 1.29 is 19.8 Å². The summed E-state index contributed by atoms with van der Waals surface area (Å²) in [4.78, 5) is 52.2. The zero-order valence-corrected chi connectivity index (χ0v) is 12.5. The summed E-state index contributed by atoms with van der Waals surface area (Å²) in [7, 11) is 0. The van der Waals surface area contributed by atoms with Crippen LogP contribution >= 0.6 is 0 Å². The van der Waals surface area contributed by atoms with Crippen molar-refractivity contribution in [2.24, 2.45) is 0 Å². The van der Waals surface area contributed by atoms with Crippen molar-refractivity contribution >= 4 is 33.7 Å². The van der Waals surface area contributed by atoms with E-state index in [2.05, 4.69) is 9.97 Å². The van der Waals surface area contributed by atoms with Crippen LogP contribution in [0, 0.1) is 0 Å². The van der Waals surface area contributed by atoms with Gasteiger partial charge in [0.2, 0.25) is 0 Å². The summed E-state index contributed by atoms with van der Waals surface area (Å²) >= 11 is 0. The summed E-state index contributed by atoms with van der Waals surface area (Å²) < 4.78 is 0. The second kappa shape index (κ2) is 5.34. The number of aromatic nitrogens is 2. The van der Waals surface area contributed by atoms with Gasteiger partial charge in [0.1, 0.15) is 11.4 Å². The van der Waals surface area contributed by atoms with Crippen LogP contribution in [-0.4, -0.2) is 32.1 Å². The van der Waals surface area contributed by atoms with Crippen molar-refractivity contribution in [3.8, 4) is 0 Å². The quantitative estimate of drug-likeness (QED) is 0.535. The van der Waals surface area contributed by atoms with Gasteiger partial charge in [-0.25, -0.2) is 9.59 Å². The number of nitrogens with one attached hydrogen (secondary N) is 2. The van der Waals surface area contributed by atoms with Gasteiger partial charge in [0.05, 0.1) is 16.4 Å². The number of carboxylic acid groups (broad SMARTS) is 2. The van der Waals surface area contributed by atoms with E-state index in [1.165, 1.54) is 6.07 Å². The fourth-order valence-electron chi connectivity index (χ4n) is 2.71. The summed E-state index contributed by atoms with van der Waals surface area (Å²) in [5, 5.41) is 18.4. The van der Waals surface area contributed by atoms with Gasteiger partial charge in [0.25, 0.3) is 0 Å². The van der Waals surface area contributed by atoms with Crippen LogP contribution in [0.3, 0.4) is 0 Å². The molecule has 0 spiro atoms. The SMILES string of the molecule is CCc1cc2c(=O)cc(C(=O)O)[nH]c2c2c(=O)cc(C(=O)O)[nH]c12. The van der Waals surface area contributed by atoms with E-state index in [0.717, 1.165) is 12.1 Å². The predicted molar refractivity (Wildman–Crippen MR) is 86.0 cm³/mol. The lowest BCUT2D eigenvalue weighted by atomic mass is 10.0. The van der Waals surface area contributed by atoms with Gasteiger partial charge in [-0.1, -0.05) is 6.92 Å². The number of aromatic carboxylic acids is 2. The minimum atomic E-state index is -1.33. The molecule has 0 aliphatic rings. The zero-order valence-electron chi connectivity index (χ0n) is 12.5. The molecule has 24 heavy (non-hydrogen) atoms. The number of carboxylic acids is 2. The fraction of sp³-hybridized carbons (Fsp3) is 0.125. The van der Waals surface area contributed by atoms with Gasteiger partial charge in [-0.3, -0.25) is 9.59 Å². The van der Waals surface area contributed by atoms with Crippen LogP contribution in [0.2, 0.25) is 0 Å². The van der Waals surface area contributed by atoms with E-state index in [1.54, 1.807) is 6.92 Å². The number of hydrogen-bond donors (Lipinski definition) is 4. The third kappa shape index (κ3) is 2.24. The Balaban J connectivity index is 2.62. The largest absolute Gasteiger partial charge is 0.477 e. The Kier molecular flexibility index (Phi) is 3.44. The Bertz CT molecular complexity index is 1140. The molecule has 4 N–H and O–H groups in total. The van der Waals surface area contributed by atoms with Crippen LogP contribution < -0.4 is 10.9 Å². The van der Waals surface area contributed by atoms with Crippen molar-refractivity contribution in [3.63, 3.8) is 0 Å². The molecule has 0 fully saturated rings. The van der Waals surface area contributed by atoms with E-state index in [9.17, 15) is 19.2 Å². The molecule has 1 aromatic carbocycles. The van der Waals surface area contributed by atoms with Crippen molar-refractivity contribution in [2.75, 3.05) is 0 Å². The molecule has 122 valence electrons. The predicted octanol–water partition coefficient (Wildman–Crippen LogP) is 1.33. The summed E-state index contributed by atoms with van der Waals surface area (Å²) in [5.74, 6) is -2.62. The maximum absolute atomic E-state index is 12.4. The molecule has 0 saturated heterocycles. The maximum atomic E-state index is 12.4. The number of fused-ring (bicyclic) bond motifs is 3. The summed E-state index contributed by atoms with van der Waals surface area (Å²) in [6.45, 7) is 1.80. The Hall–Kier alpha value is -3.42. The van der Waals surface area contributed by atoms with Gasteiger partial charge >= 0.3 is 11.9 Å². The van der Waals surface area contributed by atoms with Gasteiger partial charge in [-0.05, 0) is 18.1 Å². The Morgan fingerprint density at radius 1 is 0.917 bits per heavy atom. The molecule has 8 nitrogen and oxygen atoms in total. The zero-order chi connectivity index (χ0) is 17.6. The standard InChI is InChI=1S/C16H12N2O6/c1-2-6-3-7-10(19)4-8(15(21)22)18-14(7)12-11(20)5-9(16(23)24)17-13(6)12/h3-5H,2H2,1H3,(H,17,20)(H,18,19)(H,21,22)(H,23,24). The molecule has 0 amide bonds. The van der Waals surface area contributed by atoms with Crippen LogP contribution in [0.1, 0.15) is 33.5 Å². The lowest BCUT2D eigenvalue weighted by Crippen LogP contribution is -2.15. The first kappa shape index (κ1) is 15.5. The van der Waals surface area contributed by atoms with E-state index in [0.29, 0.717) is 12.0 Å². The summed E-state index contributed by atoms with van der Waals surface area (Å²) in [6.07, 6.45) is 0.450. The van der Waals surface area contributed by atoms with Crippen LogP contribution in [-0.2, 0) is 6.42 Å². The second-order valence-corrected chi connectivity index (χ2v) is 5.27. The van der Waals surface area contributed by atoms with Gasteiger partial charge < -0.3 is 20.2 Å². The van der Waals surface area contributed by atoms with Crippen molar-refractivity contribution in [1.29, 1.82) is 0 Å². The lowest BCUT2D eigenvalue weighted by Gasteiger charge is -2.10. The molecule has 2 heterocycles. The summed E-state index contributed by atoms with van der Waals surface area (Å²) in [5.41, 5.74) is -0.832. The van der Waals surface area contributed by atoms with E-state index in [4.69, 9.17) is 10.2 Å². The molecule has 0 aliphatic heterocycles. The minimum Gasteiger partial charge on any atom is -0.477 e. The monoisotopic (exact) mass is 328 g/mol. The van der Waals surface area contributed by atoms with Gasteiger partial charge in [-0.2, -0.15) is 0 Å². The number of pyridine rings is 2. The molecule has 0 radical (unpaired) electrons. The molecule has 8 heteroatoms. The first-order valence-electron chi connectivity index (χ1n) is 7.06. The number of benzene rings is 1. The molecule has 0 atom stereocenters. The first-order chi connectivity index (χ1) is 11.3. The van der Waals surface area contributed by atoms with Crippen LogP contribution in [0.15, 0.2) is 27.8 Å². The number of hydrogen-bond acceptors (Lipinski definition) is 4. The molecule has 0 aliphatic carbocycles. The molecule has 2 aromatic heterocycles. The Morgan fingerprint density at radius 2 is 1.46 bits per heavy atom. The van der Waals surface area contributed by atoms with E-state index in [-0.39, 0.29) is 33.2 Å². The van der Waals surface area contributed by atoms with E-state index in [1.807, 2.05) is 0 Å². The van der Waals surface area contributed by atoms with Crippen LogP contribution in [0.4, 0.5) is 0 Å². The highest BCUT2D eigenvalue weighted by atomic mass is 16.4. The average molecular weight is 328 g/mol. The highest BCUT2D eigenvalue weighted by molar-refractivity contribution is 6.07. The number of carbonyl (C=O) groups is 2. The highest BCUT2D eigenvalue weighted by Gasteiger charge is 2.17. The van der Waals surface area contributed by atoms with Crippen molar-refractivity contribution in [2.45, 2.75) is 13.3 Å². The van der Waals surface area contributed by atoms with Gasteiger partial charge in [0, 0.05) is 17.5 Å². The third-order valence-corrected chi connectivity index (χ3v) is 3.83. The minimum absolute atomic E-state index is 0.0644. The molecule has 0 unspecified atom stereocenters. The number of rotatable bonds is 3. The fourth-order valence-corrected chi connectivity index (χ4v) is 2.71. The average Bonchev–Trinajstić information content (AvgIpc) is 2.53. The molecule has 3 aromatic rings. The smallest absolute Gasteiger partial charge is 0.352 e. The van der Waals surface area contributed by atoms with Crippen LogP contribution in [0.5, 0.6) is 0 Å². The Morgan fingerprint density at radius 3 is 2.00 bits per heavy atom. The maximum Gasteiger partial charge on any atom is 0.352 e. The molecular weight excluding hydrogens is 316 g/mol. The molecule has 0 bridgehead atoms. The third-order valence-electron chi connectivity index (χ3n) is 3.83. The Labute approximate surface area is 133 Å². The van der Waals surface area contributed by atoms with E-state index >= 15 is 0 Å². The first-order valence-corrected chi connectivity index (χ1v) is 7.06. The second-order valence-electron chi connectivity index (χ2n) is 5.27. The molecule has 3 rings (SSSR count). The number of H-pyrrole nitrogens is 2. The van der Waals surface area contributed by atoms with Crippen molar-refractivity contribution in [1.82, 2.24) is 9.97 Å². The van der Waals surface area contributed by atoms with Gasteiger partial charge in [0.15, 0.2) is 10.9 Å². The summed E-state index contributed by atoms with van der Waals surface area (Å²) in [6, 6.07) is 3.40. The number of aromatic amines is 2. The van der Waals surface area contributed by atoms with Gasteiger partial charge in [-0.15, -0.1) is 0 Å². The topological polar surface area (TPSA) is 140 Å². The molecule has 0 saturated carbocycles. The normalized spacial score (nSPS) is 11.0. The van der Waals surface area contributed by atoms with Crippen molar-refractivity contribution in [3.05, 3.63) is 55.6 Å². The molecular formula is C16H12N2O6.